The Labute approximate surface area is 179 Å². The fraction of sp³-hybridized carbons (Fsp3) is 0.217. The number of carbonyl (C=O) groups is 1. The van der Waals surface area contributed by atoms with Crippen LogP contribution in [-0.4, -0.2) is 31.8 Å². The van der Waals surface area contributed by atoms with Gasteiger partial charge in [-0.25, -0.2) is 15.0 Å². The van der Waals surface area contributed by atoms with Gasteiger partial charge in [-0.05, 0) is 37.0 Å². The summed E-state index contributed by atoms with van der Waals surface area (Å²) in [6.45, 7) is 1.54. The van der Waals surface area contributed by atoms with Crippen LogP contribution in [0.15, 0.2) is 54.9 Å². The van der Waals surface area contributed by atoms with Crippen molar-refractivity contribution in [1.29, 1.82) is 0 Å². The van der Waals surface area contributed by atoms with Crippen LogP contribution in [0, 0.1) is 0 Å². The molecule has 0 aliphatic carbocycles. The Kier molecular flexibility index (Phi) is 4.95. The number of benzene rings is 1. The van der Waals surface area contributed by atoms with Gasteiger partial charge in [0.2, 0.25) is 0 Å². The molecule has 3 aromatic heterocycles. The highest BCUT2D eigenvalue weighted by atomic mass is 16.1. The first-order valence-corrected chi connectivity index (χ1v) is 10.4. The van der Waals surface area contributed by atoms with Crippen molar-refractivity contribution in [2.45, 2.75) is 25.8 Å². The van der Waals surface area contributed by atoms with Crippen molar-refractivity contribution in [1.82, 2.24) is 19.4 Å². The van der Waals surface area contributed by atoms with Crippen molar-refractivity contribution in [3.8, 4) is 11.6 Å². The number of nitrogens with two attached hydrogens (primary N) is 1. The zero-order chi connectivity index (χ0) is 21.2. The molecule has 1 aromatic carbocycles. The Hall–Kier alpha value is -3.94. The maximum absolute atomic E-state index is 11.8. The van der Waals surface area contributed by atoms with Crippen molar-refractivity contribution in [2.24, 2.45) is 5.73 Å². The van der Waals surface area contributed by atoms with Gasteiger partial charge in [-0.1, -0.05) is 30.3 Å². The molecular weight excluding hydrogens is 390 g/mol. The molecule has 0 spiro atoms. The number of amides is 1. The number of rotatable bonds is 5. The summed E-state index contributed by atoms with van der Waals surface area (Å²) in [5.74, 6) is 2.20. The second-order valence-corrected chi connectivity index (χ2v) is 7.57. The van der Waals surface area contributed by atoms with Gasteiger partial charge in [0.25, 0.3) is 5.91 Å². The molecular formula is C23H23N7O. The molecule has 1 amide bonds. The number of carbonyl (C=O) groups excluding carboxylic acids is 1. The van der Waals surface area contributed by atoms with Crippen molar-refractivity contribution < 1.29 is 4.79 Å². The molecule has 156 valence electrons. The Bertz CT molecular complexity index is 1250. The minimum absolute atomic E-state index is 0.413. The van der Waals surface area contributed by atoms with Gasteiger partial charge in [-0.3, -0.25) is 9.20 Å². The fourth-order valence-electron chi connectivity index (χ4n) is 3.92. The normalized spacial score (nSPS) is 13.3. The van der Waals surface area contributed by atoms with Crippen LogP contribution in [-0.2, 0) is 13.0 Å². The predicted molar refractivity (Wildman–Crippen MR) is 120 cm³/mol. The Morgan fingerprint density at radius 3 is 2.84 bits per heavy atom. The van der Waals surface area contributed by atoms with E-state index >= 15 is 0 Å². The summed E-state index contributed by atoms with van der Waals surface area (Å²) in [5.41, 5.74) is 8.84. The number of imidazole rings is 1. The SMILES string of the molecule is NC(=O)c1cccn2c(-c3nc4c(c(NCc5ccccc5)n3)CCCCN4)ncc12. The molecule has 1 aliphatic heterocycles. The van der Waals surface area contributed by atoms with E-state index in [1.165, 1.54) is 5.56 Å². The van der Waals surface area contributed by atoms with Gasteiger partial charge in [0.1, 0.15) is 11.6 Å². The summed E-state index contributed by atoms with van der Waals surface area (Å²) in [5, 5.41) is 6.94. The van der Waals surface area contributed by atoms with E-state index < -0.39 is 5.91 Å². The van der Waals surface area contributed by atoms with Gasteiger partial charge < -0.3 is 16.4 Å². The van der Waals surface area contributed by atoms with Crippen molar-refractivity contribution in [2.75, 3.05) is 17.2 Å². The second kappa shape index (κ2) is 8.06. The van der Waals surface area contributed by atoms with Crippen molar-refractivity contribution >= 4 is 23.1 Å². The molecule has 31 heavy (non-hydrogen) atoms. The monoisotopic (exact) mass is 413 g/mol. The van der Waals surface area contributed by atoms with E-state index in [0.29, 0.717) is 29.3 Å². The third-order valence-corrected chi connectivity index (χ3v) is 5.49. The molecule has 8 heteroatoms. The largest absolute Gasteiger partial charge is 0.370 e. The lowest BCUT2D eigenvalue weighted by Crippen LogP contribution is -2.13. The number of pyridine rings is 1. The predicted octanol–water partition coefficient (Wildman–Crippen LogP) is 3.25. The number of hydrogen-bond acceptors (Lipinski definition) is 6. The van der Waals surface area contributed by atoms with Crippen LogP contribution >= 0.6 is 0 Å². The third-order valence-electron chi connectivity index (χ3n) is 5.49. The summed E-state index contributed by atoms with van der Waals surface area (Å²) in [7, 11) is 0. The molecule has 4 N–H and O–H groups in total. The molecule has 4 aromatic rings. The lowest BCUT2D eigenvalue weighted by atomic mass is 10.1. The topological polar surface area (TPSA) is 110 Å². The number of fused-ring (bicyclic) bond motifs is 2. The van der Waals surface area contributed by atoms with Gasteiger partial charge in [-0.2, -0.15) is 0 Å². The van der Waals surface area contributed by atoms with E-state index in [-0.39, 0.29) is 0 Å². The molecule has 4 heterocycles. The molecule has 0 saturated carbocycles. The first kappa shape index (κ1) is 19.0. The first-order chi connectivity index (χ1) is 15.2. The van der Waals surface area contributed by atoms with Crippen LogP contribution in [0.3, 0.4) is 0 Å². The lowest BCUT2D eigenvalue weighted by molar-refractivity contribution is 0.100. The van der Waals surface area contributed by atoms with E-state index in [1.54, 1.807) is 22.7 Å². The standard InChI is InChI=1S/C23H23N7O/c24-19(31)16-10-6-12-30-18(16)14-27-23(30)22-28-20-17(9-4-5-11-25-20)21(29-22)26-13-15-7-2-1-3-8-15/h1-3,6-8,10,12,14H,4-5,9,11,13H2,(H2,24,31)(H2,25,26,28,29). The molecule has 0 unspecified atom stereocenters. The van der Waals surface area contributed by atoms with Crippen molar-refractivity contribution in [3.05, 3.63) is 71.5 Å². The minimum atomic E-state index is -0.494. The van der Waals surface area contributed by atoms with E-state index in [2.05, 4.69) is 27.8 Å². The van der Waals surface area contributed by atoms with E-state index in [4.69, 9.17) is 15.7 Å². The number of hydrogen-bond donors (Lipinski definition) is 3. The Morgan fingerprint density at radius 1 is 1.13 bits per heavy atom. The smallest absolute Gasteiger partial charge is 0.250 e. The highest BCUT2D eigenvalue weighted by Crippen LogP contribution is 2.30. The van der Waals surface area contributed by atoms with Crippen LogP contribution < -0.4 is 16.4 Å². The minimum Gasteiger partial charge on any atom is -0.370 e. The molecule has 0 atom stereocenters. The quantitative estimate of drug-likeness (QED) is 0.463. The molecule has 5 rings (SSSR count). The average Bonchev–Trinajstić information content (AvgIpc) is 3.08. The maximum atomic E-state index is 11.8. The number of primary amides is 1. The average molecular weight is 413 g/mol. The molecule has 0 saturated heterocycles. The third kappa shape index (κ3) is 3.68. The summed E-state index contributed by atoms with van der Waals surface area (Å²) in [6, 6.07) is 13.7. The molecule has 8 nitrogen and oxygen atoms in total. The van der Waals surface area contributed by atoms with Crippen molar-refractivity contribution in [3.63, 3.8) is 0 Å². The summed E-state index contributed by atoms with van der Waals surface area (Å²) < 4.78 is 1.81. The van der Waals surface area contributed by atoms with E-state index in [9.17, 15) is 4.79 Å². The molecule has 0 bridgehead atoms. The highest BCUT2D eigenvalue weighted by molar-refractivity contribution is 5.99. The Balaban J connectivity index is 1.59. The first-order valence-electron chi connectivity index (χ1n) is 10.4. The van der Waals surface area contributed by atoms with Crippen LogP contribution in [0.2, 0.25) is 0 Å². The molecule has 0 radical (unpaired) electrons. The van der Waals surface area contributed by atoms with E-state index in [0.717, 1.165) is 43.0 Å². The zero-order valence-corrected chi connectivity index (χ0v) is 17.0. The number of nitrogens with zero attached hydrogens (tertiary/aromatic N) is 4. The van der Waals surface area contributed by atoms with Crippen LogP contribution in [0.4, 0.5) is 11.6 Å². The Morgan fingerprint density at radius 2 is 2.00 bits per heavy atom. The lowest BCUT2D eigenvalue weighted by Gasteiger charge is -2.15. The number of anilines is 2. The second-order valence-electron chi connectivity index (χ2n) is 7.57. The van der Waals surface area contributed by atoms with E-state index in [1.807, 2.05) is 24.4 Å². The van der Waals surface area contributed by atoms with Crippen LogP contribution in [0.5, 0.6) is 0 Å². The summed E-state index contributed by atoms with van der Waals surface area (Å²) >= 11 is 0. The van der Waals surface area contributed by atoms with Gasteiger partial charge in [-0.15, -0.1) is 0 Å². The van der Waals surface area contributed by atoms with Gasteiger partial charge in [0, 0.05) is 24.8 Å². The fourth-order valence-corrected chi connectivity index (χ4v) is 3.92. The highest BCUT2D eigenvalue weighted by Gasteiger charge is 2.20. The summed E-state index contributed by atoms with van der Waals surface area (Å²) in [6.07, 6.45) is 6.54. The van der Waals surface area contributed by atoms with Gasteiger partial charge in [0.05, 0.1) is 17.3 Å². The van der Waals surface area contributed by atoms with Gasteiger partial charge >= 0.3 is 0 Å². The number of aromatic nitrogens is 4. The molecule has 0 fully saturated rings. The van der Waals surface area contributed by atoms with Crippen LogP contribution in [0.1, 0.15) is 34.3 Å². The van der Waals surface area contributed by atoms with Crippen LogP contribution in [0.25, 0.3) is 17.2 Å². The number of nitrogens with one attached hydrogen (secondary N) is 2. The molecule has 1 aliphatic rings. The maximum Gasteiger partial charge on any atom is 0.250 e. The zero-order valence-electron chi connectivity index (χ0n) is 17.0. The summed E-state index contributed by atoms with van der Waals surface area (Å²) in [4.78, 5) is 26.0. The van der Waals surface area contributed by atoms with Gasteiger partial charge in [0.15, 0.2) is 11.6 Å².